The molecule has 1 aliphatic rings. The van der Waals surface area contributed by atoms with Crippen molar-refractivity contribution in [3.63, 3.8) is 0 Å². The van der Waals surface area contributed by atoms with Crippen LogP contribution in [0.3, 0.4) is 0 Å². The standard InChI is InChI=1S/C16H20N2O/c1-11-6-7-15(19-11)12(2)18-10-14-5-3-4-13-8-9-17-16(13)14/h3-7,12,17-18H,8-10H2,1-2H3. The SMILES string of the molecule is Cc1ccc(C(C)NCc2cccc3c2NCC3)o1. The van der Waals surface area contributed by atoms with E-state index in [9.17, 15) is 0 Å². The minimum atomic E-state index is 0.228. The van der Waals surface area contributed by atoms with Crippen LogP contribution >= 0.6 is 0 Å². The Balaban J connectivity index is 1.68. The number of para-hydroxylation sites is 1. The van der Waals surface area contributed by atoms with Crippen LogP contribution in [0.5, 0.6) is 0 Å². The zero-order chi connectivity index (χ0) is 13.2. The molecule has 2 aromatic rings. The molecule has 0 saturated heterocycles. The smallest absolute Gasteiger partial charge is 0.120 e. The molecule has 0 amide bonds. The molecule has 2 N–H and O–H groups in total. The summed E-state index contributed by atoms with van der Waals surface area (Å²) in [5.74, 6) is 1.96. The number of aryl methyl sites for hydroxylation is 1. The van der Waals surface area contributed by atoms with Gasteiger partial charge in [-0.25, -0.2) is 0 Å². The van der Waals surface area contributed by atoms with Crippen molar-refractivity contribution in [1.82, 2.24) is 5.32 Å². The van der Waals surface area contributed by atoms with E-state index in [-0.39, 0.29) is 6.04 Å². The lowest BCUT2D eigenvalue weighted by Gasteiger charge is -2.14. The topological polar surface area (TPSA) is 37.2 Å². The second-order valence-corrected chi connectivity index (χ2v) is 5.18. The first-order valence-corrected chi connectivity index (χ1v) is 6.88. The Morgan fingerprint density at radius 3 is 3.00 bits per heavy atom. The maximum atomic E-state index is 5.65. The van der Waals surface area contributed by atoms with Crippen LogP contribution in [0.25, 0.3) is 0 Å². The average molecular weight is 256 g/mol. The molecule has 1 unspecified atom stereocenters. The molecule has 100 valence electrons. The van der Waals surface area contributed by atoms with E-state index < -0.39 is 0 Å². The van der Waals surface area contributed by atoms with Crippen LogP contribution in [0.2, 0.25) is 0 Å². The predicted molar refractivity (Wildman–Crippen MR) is 77.3 cm³/mol. The number of anilines is 1. The Morgan fingerprint density at radius 2 is 2.21 bits per heavy atom. The van der Waals surface area contributed by atoms with Crippen molar-refractivity contribution in [3.05, 3.63) is 53.0 Å². The molecule has 2 heterocycles. The third-order valence-electron chi connectivity index (χ3n) is 3.72. The molecule has 0 bridgehead atoms. The minimum Gasteiger partial charge on any atom is -0.465 e. The molecular formula is C16H20N2O. The first-order chi connectivity index (χ1) is 9.24. The maximum Gasteiger partial charge on any atom is 0.120 e. The normalized spacial score (nSPS) is 15.1. The molecule has 19 heavy (non-hydrogen) atoms. The summed E-state index contributed by atoms with van der Waals surface area (Å²) in [5.41, 5.74) is 4.09. The summed E-state index contributed by atoms with van der Waals surface area (Å²) in [7, 11) is 0. The van der Waals surface area contributed by atoms with Crippen molar-refractivity contribution in [2.75, 3.05) is 11.9 Å². The lowest BCUT2D eigenvalue weighted by molar-refractivity contribution is 0.416. The van der Waals surface area contributed by atoms with E-state index in [1.807, 2.05) is 19.1 Å². The molecule has 0 fully saturated rings. The van der Waals surface area contributed by atoms with Crippen molar-refractivity contribution in [2.45, 2.75) is 32.9 Å². The number of benzene rings is 1. The van der Waals surface area contributed by atoms with Crippen molar-refractivity contribution in [3.8, 4) is 0 Å². The third kappa shape index (κ3) is 2.51. The Morgan fingerprint density at radius 1 is 1.32 bits per heavy atom. The second kappa shape index (κ2) is 5.10. The molecule has 1 aromatic carbocycles. The molecule has 0 radical (unpaired) electrons. The predicted octanol–water partition coefficient (Wildman–Crippen LogP) is 3.41. The van der Waals surface area contributed by atoms with E-state index in [1.165, 1.54) is 16.8 Å². The van der Waals surface area contributed by atoms with Gasteiger partial charge in [0.2, 0.25) is 0 Å². The Bertz CT molecular complexity index is 574. The molecule has 3 heteroatoms. The summed E-state index contributed by atoms with van der Waals surface area (Å²) in [6, 6.07) is 10.8. The van der Waals surface area contributed by atoms with Gasteiger partial charge in [-0.15, -0.1) is 0 Å². The highest BCUT2D eigenvalue weighted by Crippen LogP contribution is 2.27. The summed E-state index contributed by atoms with van der Waals surface area (Å²) in [5, 5.41) is 7.00. The fourth-order valence-electron chi connectivity index (χ4n) is 2.61. The largest absolute Gasteiger partial charge is 0.465 e. The van der Waals surface area contributed by atoms with Gasteiger partial charge in [-0.05, 0) is 43.5 Å². The second-order valence-electron chi connectivity index (χ2n) is 5.18. The van der Waals surface area contributed by atoms with Gasteiger partial charge in [0.15, 0.2) is 0 Å². The quantitative estimate of drug-likeness (QED) is 0.880. The lowest BCUT2D eigenvalue weighted by Crippen LogP contribution is -2.18. The number of nitrogens with one attached hydrogen (secondary N) is 2. The fourth-order valence-corrected chi connectivity index (χ4v) is 2.61. The highest BCUT2D eigenvalue weighted by atomic mass is 16.3. The van der Waals surface area contributed by atoms with Crippen LogP contribution in [0.15, 0.2) is 34.7 Å². The summed E-state index contributed by atoms with van der Waals surface area (Å²) < 4.78 is 5.65. The van der Waals surface area contributed by atoms with Gasteiger partial charge >= 0.3 is 0 Å². The Kier molecular flexibility index (Phi) is 3.30. The van der Waals surface area contributed by atoms with Crippen LogP contribution in [0.4, 0.5) is 5.69 Å². The van der Waals surface area contributed by atoms with Gasteiger partial charge in [-0.3, -0.25) is 0 Å². The van der Waals surface area contributed by atoms with Gasteiger partial charge in [0, 0.05) is 18.8 Å². The van der Waals surface area contributed by atoms with Gasteiger partial charge in [-0.2, -0.15) is 0 Å². The van der Waals surface area contributed by atoms with E-state index in [0.717, 1.165) is 31.0 Å². The van der Waals surface area contributed by atoms with E-state index >= 15 is 0 Å². The molecule has 0 saturated carbocycles. The maximum absolute atomic E-state index is 5.65. The van der Waals surface area contributed by atoms with E-state index in [1.54, 1.807) is 0 Å². The van der Waals surface area contributed by atoms with Gasteiger partial charge in [0.25, 0.3) is 0 Å². The van der Waals surface area contributed by atoms with Gasteiger partial charge < -0.3 is 15.1 Å². The zero-order valence-electron chi connectivity index (χ0n) is 11.5. The molecular weight excluding hydrogens is 236 g/mol. The molecule has 1 aromatic heterocycles. The van der Waals surface area contributed by atoms with Crippen molar-refractivity contribution in [1.29, 1.82) is 0 Å². The van der Waals surface area contributed by atoms with Crippen LogP contribution in [-0.4, -0.2) is 6.54 Å². The molecule has 1 atom stereocenters. The highest BCUT2D eigenvalue weighted by Gasteiger charge is 2.15. The molecule has 0 aliphatic carbocycles. The molecule has 3 nitrogen and oxygen atoms in total. The number of furan rings is 1. The van der Waals surface area contributed by atoms with E-state index in [0.29, 0.717) is 0 Å². The molecule has 1 aliphatic heterocycles. The summed E-state index contributed by atoms with van der Waals surface area (Å²) in [6.07, 6.45) is 1.14. The number of fused-ring (bicyclic) bond motifs is 1. The monoisotopic (exact) mass is 256 g/mol. The highest BCUT2D eigenvalue weighted by molar-refractivity contribution is 5.61. The Labute approximate surface area is 114 Å². The van der Waals surface area contributed by atoms with Crippen molar-refractivity contribution < 1.29 is 4.42 Å². The summed E-state index contributed by atoms with van der Waals surface area (Å²) in [4.78, 5) is 0. The third-order valence-corrected chi connectivity index (χ3v) is 3.72. The zero-order valence-corrected chi connectivity index (χ0v) is 11.5. The molecule has 0 spiro atoms. The van der Waals surface area contributed by atoms with Gasteiger partial charge in [-0.1, -0.05) is 18.2 Å². The lowest BCUT2D eigenvalue weighted by atomic mass is 10.1. The van der Waals surface area contributed by atoms with E-state index in [2.05, 4.69) is 35.8 Å². The summed E-state index contributed by atoms with van der Waals surface area (Å²) in [6.45, 7) is 6.02. The first kappa shape index (κ1) is 12.3. The summed E-state index contributed by atoms with van der Waals surface area (Å²) >= 11 is 0. The number of hydrogen-bond acceptors (Lipinski definition) is 3. The van der Waals surface area contributed by atoms with Crippen LogP contribution in [0, 0.1) is 6.92 Å². The van der Waals surface area contributed by atoms with Gasteiger partial charge in [0.05, 0.1) is 6.04 Å². The average Bonchev–Trinajstić information content (AvgIpc) is 3.04. The molecule has 3 rings (SSSR count). The van der Waals surface area contributed by atoms with Gasteiger partial charge in [0.1, 0.15) is 11.5 Å². The first-order valence-electron chi connectivity index (χ1n) is 6.88. The van der Waals surface area contributed by atoms with Crippen molar-refractivity contribution in [2.24, 2.45) is 0 Å². The van der Waals surface area contributed by atoms with Crippen LogP contribution in [-0.2, 0) is 13.0 Å². The van der Waals surface area contributed by atoms with Crippen LogP contribution < -0.4 is 10.6 Å². The van der Waals surface area contributed by atoms with Crippen molar-refractivity contribution >= 4 is 5.69 Å². The Hall–Kier alpha value is -1.74. The minimum absolute atomic E-state index is 0.228. The van der Waals surface area contributed by atoms with E-state index in [4.69, 9.17) is 4.42 Å². The number of rotatable bonds is 4. The fraction of sp³-hybridized carbons (Fsp3) is 0.375. The van der Waals surface area contributed by atoms with Crippen LogP contribution in [0.1, 0.15) is 35.6 Å². The number of hydrogen-bond donors (Lipinski definition) is 2.